The van der Waals surface area contributed by atoms with Gasteiger partial charge in [-0.3, -0.25) is 4.90 Å². The van der Waals surface area contributed by atoms with E-state index in [4.69, 9.17) is 14.2 Å². The molecular weight excluding hydrogens is 232 g/mol. The van der Waals surface area contributed by atoms with E-state index in [1.54, 1.807) is 21.3 Å². The van der Waals surface area contributed by atoms with Gasteiger partial charge in [0.05, 0.1) is 19.8 Å². The van der Waals surface area contributed by atoms with Crippen LogP contribution in [0.15, 0.2) is 0 Å². The van der Waals surface area contributed by atoms with Crippen molar-refractivity contribution in [2.24, 2.45) is 0 Å². The van der Waals surface area contributed by atoms with E-state index in [0.29, 0.717) is 0 Å². The van der Waals surface area contributed by atoms with Crippen LogP contribution in [0, 0.1) is 0 Å². The monoisotopic (exact) mass is 262 g/mol. The molecule has 0 aliphatic rings. The topological polar surface area (TPSA) is 43.0 Å². The number of rotatable bonds is 14. The van der Waals surface area contributed by atoms with Gasteiger partial charge in [-0.05, 0) is 25.9 Å². The van der Waals surface area contributed by atoms with E-state index >= 15 is 0 Å². The molecule has 110 valence electrons. The van der Waals surface area contributed by atoms with Crippen molar-refractivity contribution in [2.45, 2.75) is 12.8 Å². The summed E-state index contributed by atoms with van der Waals surface area (Å²) in [6, 6.07) is 0. The molecule has 0 saturated heterocycles. The van der Waals surface area contributed by atoms with Gasteiger partial charge in [0, 0.05) is 41.0 Å². The summed E-state index contributed by atoms with van der Waals surface area (Å²) < 4.78 is 15.2. The lowest BCUT2D eigenvalue weighted by molar-refractivity contribution is 0.113. The molecule has 0 atom stereocenters. The molecule has 0 aliphatic heterocycles. The highest BCUT2D eigenvalue weighted by atomic mass is 16.5. The smallest absolute Gasteiger partial charge is 0.0589 e. The lowest BCUT2D eigenvalue weighted by atomic mass is 10.3. The number of ether oxygens (including phenoxy) is 3. The van der Waals surface area contributed by atoms with Crippen LogP contribution in [-0.4, -0.2) is 78.8 Å². The van der Waals surface area contributed by atoms with Gasteiger partial charge in [-0.15, -0.1) is 0 Å². The lowest BCUT2D eigenvalue weighted by Gasteiger charge is -2.21. The highest BCUT2D eigenvalue weighted by molar-refractivity contribution is 4.58. The Labute approximate surface area is 112 Å². The molecule has 0 bridgehead atoms. The van der Waals surface area contributed by atoms with Crippen molar-refractivity contribution in [3.63, 3.8) is 0 Å². The zero-order valence-electron chi connectivity index (χ0n) is 12.2. The summed E-state index contributed by atoms with van der Waals surface area (Å²) in [5, 5.41) is 3.35. The third-order valence-corrected chi connectivity index (χ3v) is 2.78. The standard InChI is InChI=1S/C13H30N2O3/c1-16-11-7-14-6-4-5-8-15(9-12-17-2)10-13-18-3/h14H,4-13H2,1-3H3. The Hall–Kier alpha value is -0.200. The van der Waals surface area contributed by atoms with Gasteiger partial charge in [-0.1, -0.05) is 0 Å². The van der Waals surface area contributed by atoms with Crippen LogP contribution >= 0.6 is 0 Å². The molecule has 0 unspecified atom stereocenters. The molecule has 0 aromatic carbocycles. The van der Waals surface area contributed by atoms with Gasteiger partial charge in [-0.25, -0.2) is 0 Å². The summed E-state index contributed by atoms with van der Waals surface area (Å²) in [4.78, 5) is 2.39. The number of methoxy groups -OCH3 is 3. The molecule has 0 amide bonds. The first-order valence-electron chi connectivity index (χ1n) is 6.75. The fourth-order valence-corrected chi connectivity index (χ4v) is 1.66. The summed E-state index contributed by atoms with van der Waals surface area (Å²) in [6.07, 6.45) is 2.40. The maximum atomic E-state index is 5.12. The predicted molar refractivity (Wildman–Crippen MR) is 74.2 cm³/mol. The Kier molecular flexibility index (Phi) is 14.7. The van der Waals surface area contributed by atoms with Gasteiger partial charge < -0.3 is 19.5 Å². The van der Waals surface area contributed by atoms with Crippen molar-refractivity contribution < 1.29 is 14.2 Å². The minimum absolute atomic E-state index is 0.786. The Bertz CT molecular complexity index is 151. The lowest BCUT2D eigenvalue weighted by Crippen LogP contribution is -2.32. The van der Waals surface area contributed by atoms with Gasteiger partial charge >= 0.3 is 0 Å². The summed E-state index contributed by atoms with van der Waals surface area (Å²) in [7, 11) is 5.22. The third-order valence-electron chi connectivity index (χ3n) is 2.78. The number of hydrogen-bond acceptors (Lipinski definition) is 5. The van der Waals surface area contributed by atoms with Crippen LogP contribution in [0.3, 0.4) is 0 Å². The van der Waals surface area contributed by atoms with E-state index in [2.05, 4.69) is 10.2 Å². The minimum Gasteiger partial charge on any atom is -0.383 e. The van der Waals surface area contributed by atoms with Crippen LogP contribution in [0.5, 0.6) is 0 Å². The second-order valence-corrected chi connectivity index (χ2v) is 4.28. The maximum absolute atomic E-state index is 5.12. The Morgan fingerprint density at radius 2 is 1.33 bits per heavy atom. The fourth-order valence-electron chi connectivity index (χ4n) is 1.66. The van der Waals surface area contributed by atoms with Gasteiger partial charge in [-0.2, -0.15) is 0 Å². The molecule has 18 heavy (non-hydrogen) atoms. The van der Waals surface area contributed by atoms with Crippen molar-refractivity contribution >= 4 is 0 Å². The predicted octanol–water partition coefficient (Wildman–Crippen LogP) is 0.597. The second-order valence-electron chi connectivity index (χ2n) is 4.28. The summed E-state index contributed by atoms with van der Waals surface area (Å²) in [5.74, 6) is 0. The Morgan fingerprint density at radius 1 is 0.722 bits per heavy atom. The first kappa shape index (κ1) is 17.8. The van der Waals surface area contributed by atoms with Crippen molar-refractivity contribution in [3.05, 3.63) is 0 Å². The molecule has 0 aromatic rings. The number of hydrogen-bond donors (Lipinski definition) is 1. The average Bonchev–Trinajstić information content (AvgIpc) is 2.40. The van der Waals surface area contributed by atoms with E-state index in [9.17, 15) is 0 Å². The Morgan fingerprint density at radius 3 is 1.89 bits per heavy atom. The SMILES string of the molecule is COCCNCCCCN(CCOC)CCOC. The van der Waals surface area contributed by atoms with Crippen LogP contribution < -0.4 is 5.32 Å². The molecule has 0 fully saturated rings. The van der Waals surface area contributed by atoms with Crippen LogP contribution in [0.2, 0.25) is 0 Å². The molecule has 1 N–H and O–H groups in total. The molecule has 0 aromatic heterocycles. The molecule has 0 rings (SSSR count). The molecule has 0 spiro atoms. The zero-order valence-corrected chi connectivity index (χ0v) is 12.2. The maximum Gasteiger partial charge on any atom is 0.0589 e. The van der Waals surface area contributed by atoms with Crippen LogP contribution in [-0.2, 0) is 14.2 Å². The van der Waals surface area contributed by atoms with E-state index in [0.717, 1.165) is 52.5 Å². The van der Waals surface area contributed by atoms with E-state index in [1.165, 1.54) is 12.8 Å². The second kappa shape index (κ2) is 14.9. The van der Waals surface area contributed by atoms with Crippen molar-refractivity contribution in [1.29, 1.82) is 0 Å². The number of unbranched alkanes of at least 4 members (excludes halogenated alkanes) is 1. The Balaban J connectivity index is 3.43. The van der Waals surface area contributed by atoms with Crippen molar-refractivity contribution in [1.82, 2.24) is 10.2 Å². The van der Waals surface area contributed by atoms with Crippen LogP contribution in [0.25, 0.3) is 0 Å². The minimum atomic E-state index is 0.786. The van der Waals surface area contributed by atoms with Gasteiger partial charge in [0.25, 0.3) is 0 Å². The molecule has 5 nitrogen and oxygen atoms in total. The highest BCUT2D eigenvalue weighted by Crippen LogP contribution is 1.95. The first-order valence-corrected chi connectivity index (χ1v) is 6.75. The number of nitrogens with one attached hydrogen (secondary N) is 1. The van der Waals surface area contributed by atoms with Crippen molar-refractivity contribution in [2.75, 3.05) is 73.9 Å². The molecule has 0 saturated carbocycles. The zero-order chi connectivity index (χ0) is 13.5. The molecule has 0 heterocycles. The summed E-state index contributed by atoms with van der Waals surface area (Å²) in [5.41, 5.74) is 0. The van der Waals surface area contributed by atoms with E-state index in [1.807, 2.05) is 0 Å². The van der Waals surface area contributed by atoms with Gasteiger partial charge in [0.1, 0.15) is 0 Å². The van der Waals surface area contributed by atoms with Crippen LogP contribution in [0.1, 0.15) is 12.8 Å². The molecule has 5 heteroatoms. The number of nitrogens with zero attached hydrogens (tertiary/aromatic N) is 1. The van der Waals surface area contributed by atoms with Crippen molar-refractivity contribution in [3.8, 4) is 0 Å². The normalized spacial score (nSPS) is 11.3. The summed E-state index contributed by atoms with van der Waals surface area (Å²) in [6.45, 7) is 7.44. The van der Waals surface area contributed by atoms with E-state index < -0.39 is 0 Å². The average molecular weight is 262 g/mol. The highest BCUT2D eigenvalue weighted by Gasteiger charge is 2.03. The molecule has 0 aliphatic carbocycles. The largest absolute Gasteiger partial charge is 0.383 e. The summed E-state index contributed by atoms with van der Waals surface area (Å²) >= 11 is 0. The van der Waals surface area contributed by atoms with Gasteiger partial charge in [0.2, 0.25) is 0 Å². The van der Waals surface area contributed by atoms with Gasteiger partial charge in [0.15, 0.2) is 0 Å². The van der Waals surface area contributed by atoms with Crippen LogP contribution in [0.4, 0.5) is 0 Å². The first-order chi connectivity index (χ1) is 8.85. The quantitative estimate of drug-likeness (QED) is 0.464. The molecule has 0 radical (unpaired) electrons. The third kappa shape index (κ3) is 12.3. The van der Waals surface area contributed by atoms with E-state index in [-0.39, 0.29) is 0 Å². The molecular formula is C13H30N2O3. The fraction of sp³-hybridized carbons (Fsp3) is 1.00.